The molecule has 5 atom stereocenters. The molecule has 1 amide bonds. The molecule has 10 nitrogen and oxygen atoms in total. The molecule has 47 heavy (non-hydrogen) atoms. The fourth-order valence-corrected chi connectivity index (χ4v) is 10.3. The number of anilines is 1. The molecule has 12 heteroatoms. The maximum Gasteiger partial charge on any atom is 0.279 e. The SMILES string of the molecule is C[C@H]1[C@H]([Si](C)(C)F)[C@@H](CCn2cc(C(CO)c3ccccc3)nn2)O[C@]12C(=O)N(C)c1ccc(-n3ncc4ccccc4c3=O)cc12. The Balaban J connectivity index is 1.22. The summed E-state index contributed by atoms with van der Waals surface area (Å²) in [7, 11) is -1.67. The van der Waals surface area contributed by atoms with Gasteiger partial charge in [-0.1, -0.05) is 60.7 Å². The Hall–Kier alpha value is -4.52. The lowest BCUT2D eigenvalue weighted by molar-refractivity contribution is -0.145. The lowest BCUT2D eigenvalue weighted by Crippen LogP contribution is -2.44. The van der Waals surface area contributed by atoms with Gasteiger partial charge in [-0.25, -0.2) is 0 Å². The van der Waals surface area contributed by atoms with Crippen molar-refractivity contribution in [3.63, 3.8) is 0 Å². The fourth-order valence-electron chi connectivity index (χ4n) is 7.71. The molecule has 0 saturated carbocycles. The zero-order valence-electron chi connectivity index (χ0n) is 26.7. The molecular formula is C35H37FN6O4Si. The Bertz CT molecular complexity index is 2030. The number of benzene rings is 3. The van der Waals surface area contributed by atoms with E-state index in [4.69, 9.17) is 4.74 Å². The Labute approximate surface area is 272 Å². The number of hydrogen-bond donors (Lipinski definition) is 1. The van der Waals surface area contributed by atoms with Crippen LogP contribution in [-0.2, 0) is 21.7 Å². The monoisotopic (exact) mass is 652 g/mol. The zero-order chi connectivity index (χ0) is 33.1. The predicted octanol–water partition coefficient (Wildman–Crippen LogP) is 4.94. The van der Waals surface area contributed by atoms with Gasteiger partial charge in [0.15, 0.2) is 5.60 Å². The van der Waals surface area contributed by atoms with E-state index < -0.39 is 31.6 Å². The number of carbonyl (C=O) groups is 1. The van der Waals surface area contributed by atoms with Gasteiger partial charge >= 0.3 is 0 Å². The largest absolute Gasteiger partial charge is 0.395 e. The molecule has 1 spiro atoms. The number of nitrogens with zero attached hydrogens (tertiary/aromatic N) is 6. The van der Waals surface area contributed by atoms with Crippen molar-refractivity contribution in [3.8, 4) is 5.69 Å². The van der Waals surface area contributed by atoms with Crippen LogP contribution in [0.2, 0.25) is 18.6 Å². The van der Waals surface area contributed by atoms with Crippen molar-refractivity contribution >= 4 is 30.8 Å². The summed E-state index contributed by atoms with van der Waals surface area (Å²) in [5, 5.41) is 24.4. The first kappa shape index (κ1) is 31.1. The second-order valence-corrected chi connectivity index (χ2v) is 16.9. The van der Waals surface area contributed by atoms with Gasteiger partial charge in [0.25, 0.3) is 11.5 Å². The molecule has 1 N–H and O–H groups in total. The number of aliphatic hydroxyl groups is 1. The summed E-state index contributed by atoms with van der Waals surface area (Å²) in [6.07, 6.45) is 3.29. The molecule has 1 saturated heterocycles. The van der Waals surface area contributed by atoms with E-state index in [0.29, 0.717) is 41.0 Å². The van der Waals surface area contributed by atoms with E-state index in [1.807, 2.05) is 55.5 Å². The Morgan fingerprint density at radius 3 is 2.55 bits per heavy atom. The molecule has 5 aromatic rings. The number of aryl methyl sites for hydroxylation is 1. The molecule has 2 aromatic heterocycles. The average Bonchev–Trinajstić information content (AvgIpc) is 3.71. The van der Waals surface area contributed by atoms with Gasteiger partial charge in [0.05, 0.1) is 47.3 Å². The standard InChI is InChI=1S/C35H37FN6O4Si/c1-22-32(47(3,4)36)31(16-17-41-20-29(38-39-41)27(21-43)23-10-6-5-7-11-23)46-35(22)28-18-25(14-15-30(28)40(2)34(35)45)42-33(44)26-13-9-8-12-24(26)19-37-42/h5-15,18-20,22,27,31-32,43H,16-17,21H2,1-4H3/t22-,27?,31+,32-,35+/m0/s1. The van der Waals surface area contributed by atoms with Gasteiger partial charge in [-0.2, -0.15) is 9.78 Å². The molecule has 242 valence electrons. The van der Waals surface area contributed by atoms with Crippen LogP contribution in [0.3, 0.4) is 0 Å². The minimum Gasteiger partial charge on any atom is -0.395 e. The molecule has 2 aliphatic heterocycles. The summed E-state index contributed by atoms with van der Waals surface area (Å²) in [6, 6.07) is 22.3. The number of likely N-dealkylation sites (N-methyl/N-ethyl adjacent to an activating group) is 1. The maximum absolute atomic E-state index is 16.3. The highest BCUT2D eigenvalue weighted by Gasteiger charge is 2.66. The molecule has 0 aliphatic carbocycles. The van der Waals surface area contributed by atoms with Gasteiger partial charge in [0.2, 0.25) is 8.41 Å². The summed E-state index contributed by atoms with van der Waals surface area (Å²) in [5.74, 6) is -1.05. The molecule has 3 aromatic carbocycles. The van der Waals surface area contributed by atoms with Gasteiger partial charge < -0.3 is 18.9 Å². The number of carbonyl (C=O) groups excluding carboxylic acids is 1. The number of fused-ring (bicyclic) bond motifs is 3. The average molecular weight is 653 g/mol. The van der Waals surface area contributed by atoms with E-state index in [1.54, 1.807) is 66.4 Å². The highest BCUT2D eigenvalue weighted by molar-refractivity contribution is 6.72. The second-order valence-electron chi connectivity index (χ2n) is 13.1. The lowest BCUT2D eigenvalue weighted by atomic mass is 9.82. The van der Waals surface area contributed by atoms with Crippen LogP contribution in [-0.4, -0.2) is 64.0 Å². The highest BCUT2D eigenvalue weighted by Crippen LogP contribution is 2.60. The molecule has 2 aliphatic rings. The summed E-state index contributed by atoms with van der Waals surface area (Å²) in [4.78, 5) is 29.2. The fraction of sp³-hybridized carbons (Fsp3) is 0.343. The van der Waals surface area contributed by atoms with Crippen molar-refractivity contribution in [2.24, 2.45) is 5.92 Å². The zero-order valence-corrected chi connectivity index (χ0v) is 27.7. The maximum atomic E-state index is 16.3. The van der Waals surface area contributed by atoms with Gasteiger partial charge in [-0.05, 0) is 49.3 Å². The number of ether oxygens (including phenoxy) is 1. The summed E-state index contributed by atoms with van der Waals surface area (Å²) in [5.41, 5.74) is 1.16. The number of amides is 1. The van der Waals surface area contributed by atoms with Crippen molar-refractivity contribution in [1.82, 2.24) is 24.8 Å². The van der Waals surface area contributed by atoms with Crippen LogP contribution in [0, 0.1) is 5.92 Å². The third-order valence-electron chi connectivity index (χ3n) is 9.96. The summed E-state index contributed by atoms with van der Waals surface area (Å²) >= 11 is 0. The normalized spacial score (nSPS) is 23.1. The lowest BCUT2D eigenvalue weighted by Gasteiger charge is -2.31. The number of aliphatic hydroxyl groups excluding tert-OH is 1. The van der Waals surface area contributed by atoms with Crippen LogP contribution in [0.25, 0.3) is 16.5 Å². The second kappa shape index (κ2) is 11.6. The van der Waals surface area contributed by atoms with E-state index in [1.165, 1.54) is 4.68 Å². The minimum atomic E-state index is -3.38. The highest BCUT2D eigenvalue weighted by atomic mass is 28.4. The molecule has 0 radical (unpaired) electrons. The third kappa shape index (κ3) is 5.02. The first-order chi connectivity index (χ1) is 22.5. The van der Waals surface area contributed by atoms with Crippen LogP contribution >= 0.6 is 0 Å². The van der Waals surface area contributed by atoms with Crippen molar-refractivity contribution < 1.29 is 18.7 Å². The van der Waals surface area contributed by atoms with Crippen molar-refractivity contribution in [2.45, 2.75) is 56.1 Å². The summed E-state index contributed by atoms with van der Waals surface area (Å²) in [6.45, 7) is 5.52. The molecule has 1 fully saturated rings. The number of rotatable bonds is 8. The number of aromatic nitrogens is 5. The Kier molecular flexibility index (Phi) is 7.69. The van der Waals surface area contributed by atoms with Crippen LogP contribution in [0.4, 0.5) is 9.80 Å². The number of hydrogen-bond acceptors (Lipinski definition) is 7. The number of halogens is 1. The predicted molar refractivity (Wildman–Crippen MR) is 179 cm³/mol. The quantitative estimate of drug-likeness (QED) is 0.187. The van der Waals surface area contributed by atoms with Crippen molar-refractivity contribution in [2.75, 3.05) is 18.6 Å². The van der Waals surface area contributed by atoms with Gasteiger partial charge in [0, 0.05) is 42.2 Å². The van der Waals surface area contributed by atoms with E-state index in [9.17, 15) is 14.7 Å². The first-order valence-electron chi connectivity index (χ1n) is 15.9. The Morgan fingerprint density at radius 1 is 1.06 bits per heavy atom. The van der Waals surface area contributed by atoms with E-state index in [-0.39, 0.29) is 24.0 Å². The first-order valence-corrected chi connectivity index (χ1v) is 18.8. The molecular weight excluding hydrogens is 616 g/mol. The smallest absolute Gasteiger partial charge is 0.279 e. The molecule has 0 bridgehead atoms. The minimum absolute atomic E-state index is 0.115. The van der Waals surface area contributed by atoms with E-state index in [0.717, 1.165) is 10.9 Å². The van der Waals surface area contributed by atoms with Crippen molar-refractivity contribution in [3.05, 3.63) is 112 Å². The third-order valence-corrected chi connectivity index (χ3v) is 12.4. The van der Waals surface area contributed by atoms with E-state index >= 15 is 4.11 Å². The van der Waals surface area contributed by atoms with Gasteiger partial charge in [-0.3, -0.25) is 14.3 Å². The summed E-state index contributed by atoms with van der Waals surface area (Å²) < 4.78 is 26.1. The Morgan fingerprint density at radius 2 is 1.81 bits per heavy atom. The topological polar surface area (TPSA) is 115 Å². The molecule has 1 unspecified atom stereocenters. The van der Waals surface area contributed by atoms with Crippen LogP contribution in [0.15, 0.2) is 90.0 Å². The van der Waals surface area contributed by atoms with Crippen LogP contribution in [0.5, 0.6) is 0 Å². The van der Waals surface area contributed by atoms with Crippen molar-refractivity contribution in [1.29, 1.82) is 0 Å². The van der Waals surface area contributed by atoms with Gasteiger partial charge in [-0.15, -0.1) is 5.10 Å². The molecule has 7 rings (SSSR count). The van der Waals surface area contributed by atoms with E-state index in [2.05, 4.69) is 15.4 Å². The molecule has 4 heterocycles. The van der Waals surface area contributed by atoms with Crippen LogP contribution in [0.1, 0.15) is 36.1 Å². The van der Waals surface area contributed by atoms with Gasteiger partial charge in [0.1, 0.15) is 0 Å². The van der Waals surface area contributed by atoms with Crippen LogP contribution < -0.4 is 10.5 Å².